The Morgan fingerprint density at radius 3 is 2.17 bits per heavy atom. The number of hydrogen-bond acceptors (Lipinski definition) is 11. The third-order valence-corrected chi connectivity index (χ3v) is 7.34. The van der Waals surface area contributed by atoms with Crippen molar-refractivity contribution >= 4 is 16.0 Å². The van der Waals surface area contributed by atoms with Gasteiger partial charge in [-0.15, -0.1) is 10.2 Å². The molecule has 0 unspecified atom stereocenters. The van der Waals surface area contributed by atoms with Gasteiger partial charge < -0.3 is 14.2 Å². The van der Waals surface area contributed by atoms with E-state index in [-0.39, 0.29) is 35.0 Å². The van der Waals surface area contributed by atoms with Gasteiger partial charge in [0.25, 0.3) is 5.92 Å². The fourth-order valence-electron chi connectivity index (χ4n) is 3.58. The average molecular weight is 527 g/mol. The summed E-state index contributed by atoms with van der Waals surface area (Å²) in [4.78, 5) is 16.3. The van der Waals surface area contributed by atoms with Gasteiger partial charge in [-0.1, -0.05) is 0 Å². The van der Waals surface area contributed by atoms with E-state index in [4.69, 9.17) is 14.2 Å². The zero-order valence-electron chi connectivity index (χ0n) is 20.0. The van der Waals surface area contributed by atoms with Crippen LogP contribution >= 0.6 is 0 Å². The largest absolute Gasteiger partial charge is 0.479 e. The normalized spacial score (nSPS) is 18.4. The highest BCUT2D eigenvalue weighted by molar-refractivity contribution is 7.93. The van der Waals surface area contributed by atoms with Crippen LogP contribution in [0.2, 0.25) is 0 Å². The van der Waals surface area contributed by atoms with E-state index in [0.717, 1.165) is 16.5 Å². The molecule has 1 aliphatic rings. The summed E-state index contributed by atoms with van der Waals surface area (Å²) in [5.74, 6) is -4.91. The van der Waals surface area contributed by atoms with Crippen LogP contribution in [0.4, 0.5) is 14.7 Å². The zero-order valence-corrected chi connectivity index (χ0v) is 20.8. The maximum Gasteiger partial charge on any atom is 0.259 e. The molecule has 16 heteroatoms. The van der Waals surface area contributed by atoms with Gasteiger partial charge in [-0.25, -0.2) is 27.2 Å². The third kappa shape index (κ3) is 4.65. The van der Waals surface area contributed by atoms with Crippen molar-refractivity contribution < 1.29 is 31.4 Å². The van der Waals surface area contributed by atoms with E-state index in [9.17, 15) is 17.2 Å². The monoisotopic (exact) mass is 526 g/mol. The Morgan fingerprint density at radius 2 is 1.67 bits per heavy atom. The lowest BCUT2D eigenvalue weighted by Gasteiger charge is -2.22. The Morgan fingerprint density at radius 1 is 1.08 bits per heavy atom. The van der Waals surface area contributed by atoms with Crippen molar-refractivity contribution in [2.24, 2.45) is 0 Å². The van der Waals surface area contributed by atoms with Crippen LogP contribution in [-0.2, 0) is 14.8 Å². The molecule has 0 aliphatic heterocycles. The highest BCUT2D eigenvalue weighted by Gasteiger charge is 2.60. The predicted molar refractivity (Wildman–Crippen MR) is 121 cm³/mol. The highest BCUT2D eigenvalue weighted by Crippen LogP contribution is 2.56. The summed E-state index contributed by atoms with van der Waals surface area (Å²) in [5.41, 5.74) is 0.744. The van der Waals surface area contributed by atoms with Crippen LogP contribution in [-0.4, -0.2) is 75.6 Å². The van der Waals surface area contributed by atoms with Crippen molar-refractivity contribution in [1.29, 1.82) is 0 Å². The van der Waals surface area contributed by atoms with Crippen molar-refractivity contribution in [3.05, 3.63) is 35.9 Å². The van der Waals surface area contributed by atoms with Gasteiger partial charge in [0.2, 0.25) is 27.7 Å². The number of aromatic nitrogens is 7. The molecule has 13 nitrogen and oxygen atoms in total. The molecule has 3 heterocycles. The van der Waals surface area contributed by atoms with Gasteiger partial charge in [-0.2, -0.15) is 9.97 Å². The van der Waals surface area contributed by atoms with E-state index in [1.165, 1.54) is 40.6 Å². The molecule has 0 radical (unpaired) electrons. The highest BCUT2D eigenvalue weighted by atomic mass is 32.2. The number of sulfonamides is 1. The summed E-state index contributed by atoms with van der Waals surface area (Å²) in [6, 6.07) is 0. The van der Waals surface area contributed by atoms with Crippen molar-refractivity contribution in [2.75, 3.05) is 26.1 Å². The molecular formula is C20H24F2N8O5S. The number of hydrogen-bond donors (Lipinski definition) is 1. The quantitative estimate of drug-likeness (QED) is 0.411. The molecule has 3 atom stereocenters. The molecule has 0 aromatic carbocycles. The molecular weight excluding hydrogens is 502 g/mol. The first-order valence-electron chi connectivity index (χ1n) is 10.6. The van der Waals surface area contributed by atoms with Crippen LogP contribution in [0.3, 0.4) is 0 Å². The first-order chi connectivity index (χ1) is 17.0. The van der Waals surface area contributed by atoms with E-state index in [1.807, 2.05) is 0 Å². The Balaban J connectivity index is 1.78. The zero-order chi connectivity index (χ0) is 26.3. The van der Waals surface area contributed by atoms with Crippen LogP contribution in [0, 0.1) is 6.92 Å². The first kappa shape index (κ1) is 25.6. The molecule has 0 bridgehead atoms. The lowest BCUT2D eigenvalue weighted by Crippen LogP contribution is -2.33. The van der Waals surface area contributed by atoms with Gasteiger partial charge in [-0.05, 0) is 19.4 Å². The molecule has 0 spiro atoms. The average Bonchev–Trinajstić information content (AvgIpc) is 3.30. The van der Waals surface area contributed by atoms with E-state index in [1.54, 1.807) is 6.92 Å². The Bertz CT molecular complexity index is 1330. The van der Waals surface area contributed by atoms with Crippen molar-refractivity contribution in [2.45, 2.75) is 43.5 Å². The minimum absolute atomic E-state index is 0.0410. The second-order valence-corrected chi connectivity index (χ2v) is 10.1. The van der Waals surface area contributed by atoms with Gasteiger partial charge in [0, 0.05) is 25.9 Å². The lowest BCUT2D eigenvalue weighted by molar-refractivity contribution is 0.0949. The Labute approximate surface area is 205 Å². The molecule has 1 N–H and O–H groups in total. The maximum atomic E-state index is 14.0. The van der Waals surface area contributed by atoms with Gasteiger partial charge in [0.1, 0.15) is 23.5 Å². The molecule has 4 rings (SSSR count). The van der Waals surface area contributed by atoms with Crippen LogP contribution < -0.4 is 14.2 Å². The van der Waals surface area contributed by atoms with Crippen molar-refractivity contribution in [3.63, 3.8) is 0 Å². The van der Waals surface area contributed by atoms with Crippen LogP contribution in [0.25, 0.3) is 5.69 Å². The standard InChI is InChI=1S/C20H24F2N8O5S/c1-10-7-23-15(24-8-10)14(33-3)11(2)36(31,32)29-19-28-27-16(12-6-20(12,21)22)30(19)13-17(34-4)25-9-26-18(13)35-5/h7-9,11-12,14H,6H2,1-5H3,(H,28,29)/t11-,12+,14-/m0/s1. The topological polar surface area (TPSA) is 156 Å². The molecule has 1 aliphatic carbocycles. The lowest BCUT2D eigenvalue weighted by atomic mass is 10.2. The summed E-state index contributed by atoms with van der Waals surface area (Å²) in [7, 11) is -0.329. The molecule has 3 aromatic heterocycles. The Hall–Kier alpha value is -3.53. The van der Waals surface area contributed by atoms with Crippen molar-refractivity contribution in [1.82, 2.24) is 34.7 Å². The Kier molecular flexibility index (Phi) is 6.74. The molecule has 194 valence electrons. The number of alkyl halides is 2. The molecule has 0 amide bonds. The molecule has 1 saturated carbocycles. The summed E-state index contributed by atoms with van der Waals surface area (Å²) in [6.45, 7) is 3.18. The second kappa shape index (κ2) is 9.50. The smallest absolute Gasteiger partial charge is 0.259 e. The van der Waals surface area contributed by atoms with E-state index in [2.05, 4.69) is 34.9 Å². The van der Waals surface area contributed by atoms with Gasteiger partial charge in [-0.3, -0.25) is 9.29 Å². The number of nitrogens with one attached hydrogen (secondary N) is 1. The molecule has 3 aromatic rings. The summed E-state index contributed by atoms with van der Waals surface area (Å²) >= 11 is 0. The number of aryl methyl sites for hydroxylation is 1. The van der Waals surface area contributed by atoms with Crippen LogP contribution in [0.5, 0.6) is 11.8 Å². The van der Waals surface area contributed by atoms with Gasteiger partial charge >= 0.3 is 0 Å². The maximum absolute atomic E-state index is 14.0. The number of anilines is 1. The molecule has 1 fully saturated rings. The minimum Gasteiger partial charge on any atom is -0.479 e. The minimum atomic E-state index is -4.26. The predicted octanol–water partition coefficient (Wildman–Crippen LogP) is 1.81. The number of nitrogens with zero attached hydrogens (tertiary/aromatic N) is 7. The van der Waals surface area contributed by atoms with Gasteiger partial charge in [0.05, 0.1) is 20.1 Å². The third-order valence-electron chi connectivity index (χ3n) is 5.65. The summed E-state index contributed by atoms with van der Waals surface area (Å²) in [5, 5.41) is 6.49. The molecule has 36 heavy (non-hydrogen) atoms. The fourth-order valence-corrected chi connectivity index (χ4v) is 4.71. The van der Waals surface area contributed by atoms with E-state index >= 15 is 0 Å². The van der Waals surface area contributed by atoms with Crippen LogP contribution in [0.1, 0.15) is 42.6 Å². The second-order valence-electron chi connectivity index (χ2n) is 8.10. The number of halogens is 2. The van der Waals surface area contributed by atoms with Gasteiger partial charge in [0.15, 0.2) is 11.5 Å². The van der Waals surface area contributed by atoms with Crippen molar-refractivity contribution in [3.8, 4) is 17.4 Å². The number of ether oxygens (including phenoxy) is 3. The SMILES string of the molecule is COc1ncnc(OC)c1-n1c(NS(=O)(=O)[C@@H](C)[C@H](OC)c2ncc(C)cn2)nnc1[C@H]1CC1(F)F. The number of methoxy groups -OCH3 is 3. The van der Waals surface area contributed by atoms with E-state index in [0.29, 0.717) is 0 Å². The fraction of sp³-hybridized carbons (Fsp3) is 0.500. The van der Waals surface area contributed by atoms with E-state index < -0.39 is 39.6 Å². The molecule has 0 saturated heterocycles. The number of rotatable bonds is 10. The summed E-state index contributed by atoms with van der Waals surface area (Å²) in [6.07, 6.45) is 2.69. The summed E-state index contributed by atoms with van der Waals surface area (Å²) < 4.78 is 74.2. The van der Waals surface area contributed by atoms with Crippen LogP contribution in [0.15, 0.2) is 18.7 Å². The first-order valence-corrected chi connectivity index (χ1v) is 12.2.